The second-order valence-corrected chi connectivity index (χ2v) is 3.84. The average molecular weight is 274 g/mol. The second-order valence-electron chi connectivity index (χ2n) is 3.84. The third-order valence-corrected chi connectivity index (χ3v) is 2.82. The van der Waals surface area contributed by atoms with E-state index in [1.807, 2.05) is 0 Å². The van der Waals surface area contributed by atoms with Crippen LogP contribution in [0.4, 0.5) is 13.2 Å². The van der Waals surface area contributed by atoms with Gasteiger partial charge in [0.25, 0.3) is 0 Å². The highest BCUT2D eigenvalue weighted by molar-refractivity contribution is 5.59. The van der Waals surface area contributed by atoms with Crippen LogP contribution >= 0.6 is 0 Å². The minimum absolute atomic E-state index is 0.695. The lowest BCUT2D eigenvalue weighted by Gasteiger charge is -2.26. The Morgan fingerprint density at radius 3 is 1.60 bits per heavy atom. The van der Waals surface area contributed by atoms with Gasteiger partial charge in [-0.25, -0.2) is 13.2 Å². The van der Waals surface area contributed by atoms with Crippen LogP contribution in [0.15, 0.2) is 33.9 Å². The van der Waals surface area contributed by atoms with Gasteiger partial charge < -0.3 is 0 Å². The van der Waals surface area contributed by atoms with Crippen LogP contribution in [-0.2, 0) is 0 Å². The van der Waals surface area contributed by atoms with E-state index in [0.29, 0.717) is 0 Å². The Morgan fingerprint density at radius 1 is 0.850 bits per heavy atom. The summed E-state index contributed by atoms with van der Waals surface area (Å²) in [6, 6.07) is 5.29. The van der Waals surface area contributed by atoms with E-state index >= 15 is 0 Å². The van der Waals surface area contributed by atoms with Crippen molar-refractivity contribution < 1.29 is 13.2 Å². The molecule has 0 fully saturated rings. The van der Waals surface area contributed by atoms with Crippen LogP contribution in [0.25, 0.3) is 0 Å². The first-order valence-electron chi connectivity index (χ1n) is 5.23. The molecule has 4 nitrogen and oxygen atoms in total. The van der Waals surface area contributed by atoms with Gasteiger partial charge in [0.1, 0.15) is 41.6 Å². The fraction of sp³-hybridized carbons (Fsp3) is 0.231. The minimum atomic E-state index is -2.20. The summed E-state index contributed by atoms with van der Waals surface area (Å²) in [6.45, 7) is 1.13. The zero-order valence-electron chi connectivity index (χ0n) is 10.1. The van der Waals surface area contributed by atoms with E-state index < -0.39 is 46.0 Å². The normalized spacial score (nSPS) is 21.4. The molecule has 0 spiro atoms. The van der Waals surface area contributed by atoms with Crippen LogP contribution in [0.3, 0.4) is 0 Å². The zero-order valence-corrected chi connectivity index (χ0v) is 10.1. The molecule has 1 aliphatic carbocycles. The fourth-order valence-corrected chi connectivity index (χ4v) is 1.83. The molecular formula is C13H5F3N4. The maximum Gasteiger partial charge on any atom is 0.167 e. The van der Waals surface area contributed by atoms with Crippen LogP contribution in [0.1, 0.15) is 6.92 Å². The number of alkyl halides is 1. The Bertz CT molecular complexity index is 623. The van der Waals surface area contributed by atoms with Crippen LogP contribution in [0, 0.1) is 51.2 Å². The summed E-state index contributed by atoms with van der Waals surface area (Å²) in [5, 5.41) is 34.6. The van der Waals surface area contributed by atoms with E-state index in [-0.39, 0.29) is 0 Å². The van der Waals surface area contributed by atoms with E-state index in [4.69, 9.17) is 21.0 Å². The van der Waals surface area contributed by atoms with Gasteiger partial charge >= 0.3 is 0 Å². The SMILES string of the molecule is CC1C(=C(C#N)C#N)C(F)=C(F)C(=C(C#N)C#N)C1F. The third-order valence-electron chi connectivity index (χ3n) is 2.82. The summed E-state index contributed by atoms with van der Waals surface area (Å²) in [5.41, 5.74) is -3.31. The average Bonchev–Trinajstić information content (AvgIpc) is 2.46. The molecular weight excluding hydrogens is 269 g/mol. The summed E-state index contributed by atoms with van der Waals surface area (Å²) in [4.78, 5) is 0. The topological polar surface area (TPSA) is 95.2 Å². The first-order valence-corrected chi connectivity index (χ1v) is 5.23. The smallest absolute Gasteiger partial charge is 0.167 e. The summed E-state index contributed by atoms with van der Waals surface area (Å²) in [6.07, 6.45) is -2.20. The van der Waals surface area contributed by atoms with E-state index in [9.17, 15) is 13.2 Å². The quantitative estimate of drug-likeness (QED) is 0.634. The summed E-state index contributed by atoms with van der Waals surface area (Å²) in [7, 11) is 0. The van der Waals surface area contributed by atoms with Gasteiger partial charge in [0.05, 0.1) is 5.57 Å². The predicted molar refractivity (Wildman–Crippen MR) is 59.8 cm³/mol. The molecule has 0 bridgehead atoms. The number of halogens is 3. The van der Waals surface area contributed by atoms with Crippen molar-refractivity contribution in [2.24, 2.45) is 5.92 Å². The first-order chi connectivity index (χ1) is 9.44. The lowest BCUT2D eigenvalue weighted by molar-refractivity contribution is 0.285. The summed E-state index contributed by atoms with van der Waals surface area (Å²) >= 11 is 0. The van der Waals surface area contributed by atoms with E-state index in [0.717, 1.165) is 6.92 Å². The fourth-order valence-electron chi connectivity index (χ4n) is 1.83. The van der Waals surface area contributed by atoms with E-state index in [2.05, 4.69) is 0 Å². The van der Waals surface area contributed by atoms with Crippen molar-refractivity contribution in [3.05, 3.63) is 33.9 Å². The molecule has 1 aliphatic rings. The molecule has 1 rings (SSSR count). The highest BCUT2D eigenvalue weighted by atomic mass is 19.2. The number of hydrogen-bond acceptors (Lipinski definition) is 4. The molecule has 2 unspecified atom stereocenters. The maximum absolute atomic E-state index is 14.1. The Labute approximate surface area is 112 Å². The predicted octanol–water partition coefficient (Wildman–Crippen LogP) is 2.81. The molecule has 0 aromatic rings. The van der Waals surface area contributed by atoms with E-state index in [1.54, 1.807) is 0 Å². The Balaban J connectivity index is 3.80. The zero-order chi connectivity index (χ0) is 15.4. The van der Waals surface area contributed by atoms with Crippen molar-refractivity contribution in [1.29, 1.82) is 21.0 Å². The number of rotatable bonds is 0. The van der Waals surface area contributed by atoms with Gasteiger partial charge in [0, 0.05) is 11.5 Å². The van der Waals surface area contributed by atoms with Gasteiger partial charge in [0.15, 0.2) is 11.7 Å². The van der Waals surface area contributed by atoms with Crippen molar-refractivity contribution in [1.82, 2.24) is 0 Å². The molecule has 0 heterocycles. The molecule has 0 aliphatic heterocycles. The molecule has 0 aromatic carbocycles. The molecule has 0 radical (unpaired) electrons. The van der Waals surface area contributed by atoms with Crippen molar-refractivity contribution in [3.63, 3.8) is 0 Å². The lowest BCUT2D eigenvalue weighted by Crippen LogP contribution is -2.26. The van der Waals surface area contributed by atoms with Gasteiger partial charge in [0.2, 0.25) is 0 Å². The van der Waals surface area contributed by atoms with Crippen molar-refractivity contribution >= 4 is 0 Å². The second kappa shape index (κ2) is 5.74. The van der Waals surface area contributed by atoms with Crippen LogP contribution < -0.4 is 0 Å². The minimum Gasteiger partial charge on any atom is -0.241 e. The number of allylic oxidation sites excluding steroid dienone is 6. The van der Waals surface area contributed by atoms with E-state index in [1.165, 1.54) is 24.3 Å². The molecule has 20 heavy (non-hydrogen) atoms. The van der Waals surface area contributed by atoms with Crippen LogP contribution in [0.5, 0.6) is 0 Å². The monoisotopic (exact) mass is 274 g/mol. The molecule has 98 valence electrons. The highest BCUT2D eigenvalue weighted by Crippen LogP contribution is 2.43. The van der Waals surface area contributed by atoms with Crippen molar-refractivity contribution in [3.8, 4) is 24.3 Å². The molecule has 7 heteroatoms. The van der Waals surface area contributed by atoms with Gasteiger partial charge in [-0.15, -0.1) is 0 Å². The van der Waals surface area contributed by atoms with Crippen LogP contribution in [-0.4, -0.2) is 6.17 Å². The lowest BCUT2D eigenvalue weighted by atomic mass is 9.80. The summed E-state index contributed by atoms with van der Waals surface area (Å²) < 4.78 is 41.8. The molecule has 0 amide bonds. The van der Waals surface area contributed by atoms with Crippen molar-refractivity contribution in [2.45, 2.75) is 13.1 Å². The molecule has 0 saturated carbocycles. The number of nitrogens with zero attached hydrogens (tertiary/aromatic N) is 4. The number of nitriles is 4. The van der Waals surface area contributed by atoms with Gasteiger partial charge in [-0.05, 0) is 0 Å². The largest absolute Gasteiger partial charge is 0.241 e. The van der Waals surface area contributed by atoms with Crippen molar-refractivity contribution in [2.75, 3.05) is 0 Å². The Hall–Kier alpha value is -3.03. The molecule has 0 aromatic heterocycles. The molecule has 0 saturated heterocycles. The Kier molecular flexibility index (Phi) is 4.31. The van der Waals surface area contributed by atoms with Gasteiger partial charge in [-0.1, -0.05) is 6.92 Å². The standard InChI is InChI=1S/C13H5F3N4/c1-6-9(7(2-17)3-18)12(15)13(16)10(11(6)14)8(4-19)5-20/h6,11H,1H3. The van der Waals surface area contributed by atoms with Gasteiger partial charge in [-0.3, -0.25) is 0 Å². The summed E-state index contributed by atoms with van der Waals surface area (Å²) in [5.74, 6) is -4.69. The Morgan fingerprint density at radius 2 is 1.20 bits per heavy atom. The number of hydrogen-bond donors (Lipinski definition) is 0. The first kappa shape index (κ1) is 15.0. The van der Waals surface area contributed by atoms with Gasteiger partial charge in [-0.2, -0.15) is 21.0 Å². The molecule has 0 N–H and O–H groups in total. The van der Waals surface area contributed by atoms with Crippen LogP contribution in [0.2, 0.25) is 0 Å². The molecule has 2 atom stereocenters. The third kappa shape index (κ3) is 2.14. The maximum atomic E-state index is 14.1. The highest BCUT2D eigenvalue weighted by Gasteiger charge is 2.40.